The van der Waals surface area contributed by atoms with E-state index in [0.717, 1.165) is 24.5 Å². The molecule has 3 heteroatoms. The molecule has 0 saturated heterocycles. The first-order chi connectivity index (χ1) is 8.95. The van der Waals surface area contributed by atoms with Crippen LogP contribution >= 0.6 is 11.6 Å². The van der Waals surface area contributed by atoms with E-state index in [1.807, 2.05) is 0 Å². The molecule has 19 heavy (non-hydrogen) atoms. The zero-order valence-corrected chi connectivity index (χ0v) is 13.6. The Morgan fingerprint density at radius 2 is 1.89 bits per heavy atom. The molecule has 0 aromatic heterocycles. The fourth-order valence-corrected chi connectivity index (χ4v) is 2.34. The lowest BCUT2D eigenvalue weighted by atomic mass is 10.1. The zero-order chi connectivity index (χ0) is 14.4. The van der Waals surface area contributed by atoms with Gasteiger partial charge in [0.05, 0.1) is 0 Å². The van der Waals surface area contributed by atoms with E-state index in [-0.39, 0.29) is 0 Å². The molecule has 0 aliphatic heterocycles. The summed E-state index contributed by atoms with van der Waals surface area (Å²) in [5.74, 6) is 0. The fraction of sp³-hybridized carbons (Fsp3) is 0.625. The minimum absolute atomic E-state index is 0.475. The van der Waals surface area contributed by atoms with Crippen LogP contribution in [0.2, 0.25) is 5.02 Å². The van der Waals surface area contributed by atoms with Crippen molar-refractivity contribution < 1.29 is 0 Å². The minimum Gasteiger partial charge on any atom is -0.369 e. The SMILES string of the molecule is CCCN(c1ccc(CNC(C)C)c(Cl)c1)C(C)C. The summed E-state index contributed by atoms with van der Waals surface area (Å²) in [6.45, 7) is 12.8. The van der Waals surface area contributed by atoms with Crippen LogP contribution in [0.3, 0.4) is 0 Å². The Bertz CT molecular complexity index is 388. The van der Waals surface area contributed by atoms with E-state index in [9.17, 15) is 0 Å². The molecular formula is C16H27ClN2. The molecule has 1 aromatic carbocycles. The van der Waals surface area contributed by atoms with Gasteiger partial charge < -0.3 is 10.2 Å². The van der Waals surface area contributed by atoms with E-state index in [4.69, 9.17) is 11.6 Å². The van der Waals surface area contributed by atoms with Crippen LogP contribution in [0.15, 0.2) is 18.2 Å². The van der Waals surface area contributed by atoms with Crippen LogP contribution in [0.25, 0.3) is 0 Å². The van der Waals surface area contributed by atoms with E-state index in [1.54, 1.807) is 0 Å². The summed E-state index contributed by atoms with van der Waals surface area (Å²) in [5.41, 5.74) is 2.38. The normalized spacial score (nSPS) is 11.4. The smallest absolute Gasteiger partial charge is 0.0471 e. The quantitative estimate of drug-likeness (QED) is 0.794. The molecule has 0 amide bonds. The summed E-state index contributed by atoms with van der Waals surface area (Å²) in [6.07, 6.45) is 1.15. The third-order valence-corrected chi connectivity index (χ3v) is 3.51. The molecule has 0 bridgehead atoms. The second kappa shape index (κ2) is 7.76. The molecule has 108 valence electrons. The number of hydrogen-bond acceptors (Lipinski definition) is 2. The van der Waals surface area contributed by atoms with Gasteiger partial charge in [0.25, 0.3) is 0 Å². The minimum atomic E-state index is 0.475. The third-order valence-electron chi connectivity index (χ3n) is 3.16. The van der Waals surface area contributed by atoms with E-state index in [0.29, 0.717) is 12.1 Å². The van der Waals surface area contributed by atoms with Gasteiger partial charge in [0.15, 0.2) is 0 Å². The Balaban J connectivity index is 2.85. The lowest BCUT2D eigenvalue weighted by molar-refractivity contribution is 0.589. The van der Waals surface area contributed by atoms with E-state index in [2.05, 4.69) is 63.0 Å². The maximum Gasteiger partial charge on any atom is 0.0471 e. The van der Waals surface area contributed by atoms with E-state index >= 15 is 0 Å². The van der Waals surface area contributed by atoms with Crippen LogP contribution in [0, 0.1) is 0 Å². The highest BCUT2D eigenvalue weighted by molar-refractivity contribution is 6.31. The zero-order valence-electron chi connectivity index (χ0n) is 12.8. The molecule has 0 heterocycles. The van der Waals surface area contributed by atoms with Gasteiger partial charge >= 0.3 is 0 Å². The van der Waals surface area contributed by atoms with Crippen LogP contribution in [-0.4, -0.2) is 18.6 Å². The number of anilines is 1. The lowest BCUT2D eigenvalue weighted by Gasteiger charge is -2.29. The van der Waals surface area contributed by atoms with Gasteiger partial charge in [0, 0.05) is 35.9 Å². The first-order valence-electron chi connectivity index (χ1n) is 7.24. The number of hydrogen-bond donors (Lipinski definition) is 1. The summed E-state index contributed by atoms with van der Waals surface area (Å²) in [4.78, 5) is 2.39. The molecule has 2 nitrogen and oxygen atoms in total. The Morgan fingerprint density at radius 1 is 1.21 bits per heavy atom. The van der Waals surface area contributed by atoms with Gasteiger partial charge in [-0.05, 0) is 38.0 Å². The topological polar surface area (TPSA) is 15.3 Å². The van der Waals surface area contributed by atoms with E-state index in [1.165, 1.54) is 11.3 Å². The van der Waals surface area contributed by atoms with Gasteiger partial charge in [0.1, 0.15) is 0 Å². The molecule has 1 aromatic rings. The highest BCUT2D eigenvalue weighted by Gasteiger charge is 2.11. The average molecular weight is 283 g/mol. The largest absolute Gasteiger partial charge is 0.369 e. The number of nitrogens with one attached hydrogen (secondary N) is 1. The van der Waals surface area contributed by atoms with Crippen molar-refractivity contribution in [2.45, 2.75) is 59.7 Å². The molecule has 0 atom stereocenters. The Morgan fingerprint density at radius 3 is 2.37 bits per heavy atom. The predicted octanol–water partition coefficient (Wildman–Crippen LogP) is 4.46. The Hall–Kier alpha value is -0.730. The van der Waals surface area contributed by atoms with Gasteiger partial charge in [-0.2, -0.15) is 0 Å². The van der Waals surface area contributed by atoms with Crippen LogP contribution < -0.4 is 10.2 Å². The molecule has 0 saturated carbocycles. The molecule has 0 aliphatic carbocycles. The summed E-state index contributed by atoms with van der Waals surface area (Å²) in [6, 6.07) is 7.38. The third kappa shape index (κ3) is 5.04. The molecule has 0 unspecified atom stereocenters. The van der Waals surface area contributed by atoms with Crippen molar-refractivity contribution >= 4 is 17.3 Å². The molecule has 1 N–H and O–H groups in total. The summed E-state index contributed by atoms with van der Waals surface area (Å²) < 4.78 is 0. The van der Waals surface area contributed by atoms with Crippen LogP contribution in [-0.2, 0) is 6.54 Å². The first-order valence-corrected chi connectivity index (χ1v) is 7.62. The van der Waals surface area contributed by atoms with Crippen molar-refractivity contribution in [1.29, 1.82) is 0 Å². The van der Waals surface area contributed by atoms with Crippen molar-refractivity contribution in [3.8, 4) is 0 Å². The number of halogens is 1. The van der Waals surface area contributed by atoms with Gasteiger partial charge in [-0.1, -0.05) is 38.4 Å². The predicted molar refractivity (Wildman–Crippen MR) is 86.2 cm³/mol. The molecule has 1 rings (SSSR count). The number of benzene rings is 1. The fourth-order valence-electron chi connectivity index (χ4n) is 2.10. The van der Waals surface area contributed by atoms with Crippen molar-refractivity contribution in [2.24, 2.45) is 0 Å². The second-order valence-corrected chi connectivity index (χ2v) is 6.01. The average Bonchev–Trinajstić information content (AvgIpc) is 2.33. The maximum absolute atomic E-state index is 6.40. The molecule has 0 spiro atoms. The van der Waals surface area contributed by atoms with Crippen LogP contribution in [0.1, 0.15) is 46.6 Å². The molecule has 0 aliphatic rings. The van der Waals surface area contributed by atoms with Crippen molar-refractivity contribution in [2.75, 3.05) is 11.4 Å². The molecule has 0 fully saturated rings. The summed E-state index contributed by atoms with van der Waals surface area (Å²) >= 11 is 6.40. The molecule has 0 radical (unpaired) electrons. The highest BCUT2D eigenvalue weighted by atomic mass is 35.5. The Kier molecular flexibility index (Phi) is 6.67. The van der Waals surface area contributed by atoms with Crippen molar-refractivity contribution in [3.05, 3.63) is 28.8 Å². The number of rotatable bonds is 7. The van der Waals surface area contributed by atoms with E-state index < -0.39 is 0 Å². The lowest BCUT2D eigenvalue weighted by Crippen LogP contribution is -2.31. The maximum atomic E-state index is 6.40. The summed E-state index contributed by atoms with van der Waals surface area (Å²) in [5, 5.41) is 4.26. The van der Waals surface area contributed by atoms with Crippen LogP contribution in [0.4, 0.5) is 5.69 Å². The first kappa shape index (κ1) is 16.3. The second-order valence-electron chi connectivity index (χ2n) is 5.60. The molecular weight excluding hydrogens is 256 g/mol. The summed E-state index contributed by atoms with van der Waals surface area (Å²) in [7, 11) is 0. The highest BCUT2D eigenvalue weighted by Crippen LogP contribution is 2.25. The van der Waals surface area contributed by atoms with Gasteiger partial charge in [0.2, 0.25) is 0 Å². The Labute approximate surface area is 123 Å². The standard InChI is InChI=1S/C16H27ClN2/c1-6-9-19(13(4)5)15-8-7-14(16(17)10-15)11-18-12(2)3/h7-8,10,12-13,18H,6,9,11H2,1-5H3. The monoisotopic (exact) mass is 282 g/mol. The van der Waals surface area contributed by atoms with Gasteiger partial charge in [-0.25, -0.2) is 0 Å². The van der Waals surface area contributed by atoms with Crippen molar-refractivity contribution in [1.82, 2.24) is 5.32 Å². The van der Waals surface area contributed by atoms with Crippen LogP contribution in [0.5, 0.6) is 0 Å². The number of nitrogens with zero attached hydrogens (tertiary/aromatic N) is 1. The van der Waals surface area contributed by atoms with Gasteiger partial charge in [-0.3, -0.25) is 0 Å². The van der Waals surface area contributed by atoms with Gasteiger partial charge in [-0.15, -0.1) is 0 Å². The van der Waals surface area contributed by atoms with Crippen molar-refractivity contribution in [3.63, 3.8) is 0 Å².